The summed E-state index contributed by atoms with van der Waals surface area (Å²) < 4.78 is 15.6. The molecule has 0 aliphatic heterocycles. The van der Waals surface area contributed by atoms with E-state index >= 15 is 0 Å². The molecule has 0 aromatic heterocycles. The summed E-state index contributed by atoms with van der Waals surface area (Å²) in [5.41, 5.74) is 1.54. The second-order valence-corrected chi connectivity index (χ2v) is 5.14. The normalized spacial score (nSPS) is 12.1. The average Bonchev–Trinajstić information content (AvgIpc) is 2.45. The third-order valence-corrected chi connectivity index (χ3v) is 3.13. The fourth-order valence-corrected chi connectivity index (χ4v) is 1.97. The largest absolute Gasteiger partial charge is 0.496 e. The van der Waals surface area contributed by atoms with Crippen LogP contribution in [0, 0.1) is 12.8 Å². The first-order chi connectivity index (χ1) is 9.90. The molecule has 0 aliphatic rings. The van der Waals surface area contributed by atoms with Gasteiger partial charge < -0.3 is 19.3 Å². The van der Waals surface area contributed by atoms with Gasteiger partial charge in [0.1, 0.15) is 11.5 Å². The standard InChI is InChI=1S/C16H24O5/c1-6-20-15(17)9-21-14-8-13(19-5)11(4)7-12(14)16(18)10(2)3/h7-8,10,16,18H,6,9H2,1-5H3. The van der Waals surface area contributed by atoms with E-state index in [1.807, 2.05) is 26.8 Å². The van der Waals surface area contributed by atoms with Gasteiger partial charge in [0.15, 0.2) is 6.61 Å². The molecule has 1 rings (SSSR count). The van der Waals surface area contributed by atoms with E-state index in [4.69, 9.17) is 14.2 Å². The molecular formula is C16H24O5. The molecule has 118 valence electrons. The summed E-state index contributed by atoms with van der Waals surface area (Å²) in [6.45, 7) is 7.57. The number of aliphatic hydroxyl groups excluding tert-OH is 1. The molecule has 0 saturated carbocycles. The van der Waals surface area contributed by atoms with E-state index in [9.17, 15) is 9.90 Å². The van der Waals surface area contributed by atoms with Gasteiger partial charge in [-0.1, -0.05) is 13.8 Å². The van der Waals surface area contributed by atoms with Crippen LogP contribution in [0.5, 0.6) is 11.5 Å². The van der Waals surface area contributed by atoms with Crippen LogP contribution in [0.1, 0.15) is 38.0 Å². The number of ether oxygens (including phenoxy) is 3. The highest BCUT2D eigenvalue weighted by atomic mass is 16.6. The van der Waals surface area contributed by atoms with Crippen molar-refractivity contribution in [3.63, 3.8) is 0 Å². The van der Waals surface area contributed by atoms with Gasteiger partial charge in [0, 0.05) is 11.6 Å². The molecule has 21 heavy (non-hydrogen) atoms. The highest BCUT2D eigenvalue weighted by Gasteiger charge is 2.20. The van der Waals surface area contributed by atoms with E-state index in [0.29, 0.717) is 23.7 Å². The molecule has 0 fully saturated rings. The molecule has 0 saturated heterocycles. The molecule has 0 amide bonds. The van der Waals surface area contributed by atoms with Crippen molar-refractivity contribution in [1.82, 2.24) is 0 Å². The number of aryl methyl sites for hydroxylation is 1. The lowest BCUT2D eigenvalue weighted by molar-refractivity contribution is -0.145. The first kappa shape index (κ1) is 17.3. The second kappa shape index (κ2) is 7.88. The molecule has 0 heterocycles. The van der Waals surface area contributed by atoms with Crippen molar-refractivity contribution in [1.29, 1.82) is 0 Å². The zero-order valence-electron chi connectivity index (χ0n) is 13.3. The maximum Gasteiger partial charge on any atom is 0.344 e. The molecule has 5 nitrogen and oxygen atoms in total. The quantitative estimate of drug-likeness (QED) is 0.784. The lowest BCUT2D eigenvalue weighted by atomic mass is 9.96. The maximum absolute atomic E-state index is 11.4. The number of carbonyl (C=O) groups excluding carboxylic acids is 1. The summed E-state index contributed by atoms with van der Waals surface area (Å²) >= 11 is 0. The molecule has 1 aromatic carbocycles. The minimum Gasteiger partial charge on any atom is -0.496 e. The van der Waals surface area contributed by atoms with E-state index in [-0.39, 0.29) is 12.5 Å². The fourth-order valence-electron chi connectivity index (χ4n) is 1.97. The first-order valence-electron chi connectivity index (χ1n) is 7.05. The van der Waals surface area contributed by atoms with Crippen LogP contribution in [0.15, 0.2) is 12.1 Å². The van der Waals surface area contributed by atoms with Crippen LogP contribution < -0.4 is 9.47 Å². The lowest BCUT2D eigenvalue weighted by Crippen LogP contribution is -2.16. The second-order valence-electron chi connectivity index (χ2n) is 5.14. The van der Waals surface area contributed by atoms with E-state index in [0.717, 1.165) is 5.56 Å². The number of rotatable bonds is 7. The van der Waals surface area contributed by atoms with E-state index in [2.05, 4.69) is 0 Å². The summed E-state index contributed by atoms with van der Waals surface area (Å²) in [4.78, 5) is 11.4. The van der Waals surface area contributed by atoms with Gasteiger partial charge in [0.2, 0.25) is 0 Å². The Morgan fingerprint density at radius 3 is 2.48 bits per heavy atom. The van der Waals surface area contributed by atoms with Crippen molar-refractivity contribution in [2.45, 2.75) is 33.8 Å². The Balaban J connectivity index is 3.05. The topological polar surface area (TPSA) is 65.0 Å². The number of carbonyl (C=O) groups is 1. The monoisotopic (exact) mass is 296 g/mol. The fraction of sp³-hybridized carbons (Fsp3) is 0.562. The number of esters is 1. The predicted molar refractivity (Wildman–Crippen MR) is 79.7 cm³/mol. The molecule has 0 radical (unpaired) electrons. The van der Waals surface area contributed by atoms with Crippen LogP contribution in [-0.4, -0.2) is 31.4 Å². The summed E-state index contributed by atoms with van der Waals surface area (Å²) in [5.74, 6) is 0.671. The third kappa shape index (κ3) is 4.63. The number of aliphatic hydroxyl groups is 1. The molecule has 5 heteroatoms. The van der Waals surface area contributed by atoms with Crippen molar-refractivity contribution in [2.24, 2.45) is 5.92 Å². The van der Waals surface area contributed by atoms with Crippen LogP contribution in [0.4, 0.5) is 0 Å². The number of hydrogen-bond acceptors (Lipinski definition) is 5. The Hall–Kier alpha value is -1.75. The Morgan fingerprint density at radius 2 is 1.95 bits per heavy atom. The van der Waals surface area contributed by atoms with Crippen molar-refractivity contribution < 1.29 is 24.1 Å². The SMILES string of the molecule is CCOC(=O)COc1cc(OC)c(C)cc1C(O)C(C)C. The minimum absolute atomic E-state index is 0.0303. The van der Waals surface area contributed by atoms with Gasteiger partial charge in [0.25, 0.3) is 0 Å². The van der Waals surface area contributed by atoms with Gasteiger partial charge in [-0.15, -0.1) is 0 Å². The smallest absolute Gasteiger partial charge is 0.344 e. The van der Waals surface area contributed by atoms with Gasteiger partial charge >= 0.3 is 5.97 Å². The molecular weight excluding hydrogens is 272 g/mol. The minimum atomic E-state index is -0.674. The van der Waals surface area contributed by atoms with Crippen molar-refractivity contribution >= 4 is 5.97 Å². The zero-order valence-corrected chi connectivity index (χ0v) is 13.3. The van der Waals surface area contributed by atoms with Crippen molar-refractivity contribution in [3.05, 3.63) is 23.3 Å². The van der Waals surface area contributed by atoms with Crippen LogP contribution in [0.2, 0.25) is 0 Å². The van der Waals surface area contributed by atoms with Crippen LogP contribution in [0.3, 0.4) is 0 Å². The molecule has 1 N–H and O–H groups in total. The van der Waals surface area contributed by atoms with Crippen molar-refractivity contribution in [3.8, 4) is 11.5 Å². The van der Waals surface area contributed by atoms with Gasteiger partial charge in [-0.3, -0.25) is 0 Å². The highest BCUT2D eigenvalue weighted by molar-refractivity contribution is 5.71. The molecule has 1 atom stereocenters. The Labute approximate surface area is 125 Å². The predicted octanol–water partition coefficient (Wildman–Crippen LogP) is 2.63. The van der Waals surface area contributed by atoms with Gasteiger partial charge in [-0.25, -0.2) is 4.79 Å². The van der Waals surface area contributed by atoms with E-state index in [1.165, 1.54) is 0 Å². The number of methoxy groups -OCH3 is 1. The summed E-state index contributed by atoms with van der Waals surface area (Å²) in [5, 5.41) is 10.3. The molecule has 0 bridgehead atoms. The lowest BCUT2D eigenvalue weighted by Gasteiger charge is -2.20. The van der Waals surface area contributed by atoms with Gasteiger partial charge in [-0.2, -0.15) is 0 Å². The van der Waals surface area contributed by atoms with E-state index < -0.39 is 12.1 Å². The summed E-state index contributed by atoms with van der Waals surface area (Å²) in [6.07, 6.45) is -0.674. The summed E-state index contributed by atoms with van der Waals surface area (Å²) in [6, 6.07) is 3.51. The number of hydrogen-bond donors (Lipinski definition) is 1. The highest BCUT2D eigenvalue weighted by Crippen LogP contribution is 2.35. The first-order valence-corrected chi connectivity index (χ1v) is 7.05. The van der Waals surface area contributed by atoms with Crippen LogP contribution in [0.25, 0.3) is 0 Å². The molecule has 0 aliphatic carbocycles. The number of benzene rings is 1. The summed E-state index contributed by atoms with van der Waals surface area (Å²) in [7, 11) is 1.57. The van der Waals surface area contributed by atoms with Crippen LogP contribution in [-0.2, 0) is 9.53 Å². The van der Waals surface area contributed by atoms with E-state index in [1.54, 1.807) is 20.1 Å². The Morgan fingerprint density at radius 1 is 1.29 bits per heavy atom. The maximum atomic E-state index is 11.4. The van der Waals surface area contributed by atoms with Gasteiger partial charge in [0.05, 0.1) is 19.8 Å². The van der Waals surface area contributed by atoms with Gasteiger partial charge in [-0.05, 0) is 31.4 Å². The Kier molecular flexibility index (Phi) is 6.49. The third-order valence-electron chi connectivity index (χ3n) is 3.13. The average molecular weight is 296 g/mol. The van der Waals surface area contributed by atoms with Crippen LogP contribution >= 0.6 is 0 Å². The van der Waals surface area contributed by atoms with Crippen molar-refractivity contribution in [2.75, 3.05) is 20.3 Å². The zero-order chi connectivity index (χ0) is 16.0. The molecule has 1 unspecified atom stereocenters. The molecule has 0 spiro atoms. The Bertz CT molecular complexity index is 482. The molecule has 1 aromatic rings.